The fraction of sp³-hybridized carbons (Fsp3) is 0.846. The molecule has 4 nitrogen and oxygen atoms in total. The molecule has 0 spiro atoms. The number of carbonyl (C=O) groups excluding carboxylic acids is 1. The van der Waals surface area contributed by atoms with Gasteiger partial charge in [-0.25, -0.2) is 0 Å². The fourth-order valence-corrected chi connectivity index (χ4v) is 2.46. The molecule has 0 aromatic rings. The Morgan fingerprint density at radius 2 is 2.00 bits per heavy atom. The average Bonchev–Trinajstić information content (AvgIpc) is 2.41. The van der Waals surface area contributed by atoms with Crippen LogP contribution in [0.25, 0.3) is 0 Å². The molecule has 2 aliphatic heterocycles. The molecule has 0 aliphatic carbocycles. The van der Waals surface area contributed by atoms with E-state index in [4.69, 9.17) is 0 Å². The molecule has 0 atom stereocenters. The first kappa shape index (κ1) is 12.4. The van der Waals surface area contributed by atoms with Gasteiger partial charge in [-0.05, 0) is 32.1 Å². The molecule has 0 aromatic heterocycles. The third-order valence-electron chi connectivity index (χ3n) is 3.50. The minimum absolute atomic E-state index is 0.300. The van der Waals surface area contributed by atoms with E-state index in [1.165, 1.54) is 32.1 Å². The van der Waals surface area contributed by atoms with Gasteiger partial charge in [0.1, 0.15) is 0 Å². The van der Waals surface area contributed by atoms with Crippen molar-refractivity contribution in [3.05, 3.63) is 0 Å². The summed E-state index contributed by atoms with van der Waals surface area (Å²) in [6.45, 7) is 3.61. The van der Waals surface area contributed by atoms with Crippen molar-refractivity contribution in [2.75, 3.05) is 26.2 Å². The molecule has 96 valence electrons. The lowest BCUT2D eigenvalue weighted by atomic mass is 10.1. The van der Waals surface area contributed by atoms with Crippen molar-refractivity contribution in [1.82, 2.24) is 10.2 Å². The predicted molar refractivity (Wildman–Crippen MR) is 69.2 cm³/mol. The molecule has 2 rings (SSSR count). The van der Waals surface area contributed by atoms with E-state index >= 15 is 0 Å². The quantitative estimate of drug-likeness (QED) is 0.809. The van der Waals surface area contributed by atoms with E-state index in [0.717, 1.165) is 38.4 Å². The van der Waals surface area contributed by atoms with Crippen molar-refractivity contribution in [2.45, 2.75) is 44.9 Å². The zero-order valence-corrected chi connectivity index (χ0v) is 10.6. The largest absolute Gasteiger partial charge is 0.373 e. The van der Waals surface area contributed by atoms with Crippen LogP contribution in [0.5, 0.6) is 0 Å². The number of amidine groups is 1. The topological polar surface area (TPSA) is 44.7 Å². The Morgan fingerprint density at radius 3 is 2.71 bits per heavy atom. The highest BCUT2D eigenvalue weighted by atomic mass is 16.2. The van der Waals surface area contributed by atoms with Crippen LogP contribution in [0.4, 0.5) is 0 Å². The summed E-state index contributed by atoms with van der Waals surface area (Å²) < 4.78 is 0. The van der Waals surface area contributed by atoms with Gasteiger partial charge in [0, 0.05) is 39.0 Å². The Labute approximate surface area is 103 Å². The van der Waals surface area contributed by atoms with Crippen LogP contribution in [0, 0.1) is 0 Å². The standard InChI is InChI=1S/C13H23N3O/c17-13(16-10-4-1-5-11-16)7-9-15-12-6-2-3-8-14-12/h1-11H2,(H,14,15). The predicted octanol–water partition coefficient (Wildman–Crippen LogP) is 1.56. The van der Waals surface area contributed by atoms with Crippen molar-refractivity contribution in [3.8, 4) is 0 Å². The summed E-state index contributed by atoms with van der Waals surface area (Å²) >= 11 is 0. The van der Waals surface area contributed by atoms with Gasteiger partial charge < -0.3 is 10.2 Å². The minimum atomic E-state index is 0.300. The van der Waals surface area contributed by atoms with Crippen LogP contribution in [0.1, 0.15) is 44.9 Å². The average molecular weight is 237 g/mol. The van der Waals surface area contributed by atoms with E-state index in [0.29, 0.717) is 12.3 Å². The second-order valence-electron chi connectivity index (χ2n) is 4.90. The SMILES string of the molecule is O=C(CCNC1=NCCCC1)N1CCCCC1. The number of nitrogens with one attached hydrogen (secondary N) is 1. The van der Waals surface area contributed by atoms with Gasteiger partial charge in [0.25, 0.3) is 0 Å². The summed E-state index contributed by atoms with van der Waals surface area (Å²) in [6, 6.07) is 0. The number of nitrogens with zero attached hydrogens (tertiary/aromatic N) is 2. The Kier molecular flexibility index (Phi) is 4.83. The maximum atomic E-state index is 11.9. The molecule has 0 saturated carbocycles. The molecular formula is C13H23N3O. The van der Waals surface area contributed by atoms with Crippen molar-refractivity contribution >= 4 is 11.7 Å². The summed E-state index contributed by atoms with van der Waals surface area (Å²) in [5.74, 6) is 1.40. The molecule has 0 radical (unpaired) electrons. The summed E-state index contributed by atoms with van der Waals surface area (Å²) in [4.78, 5) is 18.3. The van der Waals surface area contributed by atoms with Gasteiger partial charge >= 0.3 is 0 Å². The molecule has 2 heterocycles. The maximum absolute atomic E-state index is 11.9. The summed E-state index contributed by atoms with van der Waals surface area (Å²) in [5, 5.41) is 3.29. The lowest BCUT2D eigenvalue weighted by Crippen LogP contribution is -2.38. The van der Waals surface area contributed by atoms with Crippen molar-refractivity contribution < 1.29 is 4.79 Å². The molecule has 1 amide bonds. The lowest BCUT2D eigenvalue weighted by Gasteiger charge is -2.26. The number of amides is 1. The van der Waals surface area contributed by atoms with Crippen LogP contribution in [0.15, 0.2) is 4.99 Å². The molecule has 0 bridgehead atoms. The van der Waals surface area contributed by atoms with E-state index in [-0.39, 0.29) is 0 Å². The molecule has 2 aliphatic rings. The number of piperidine rings is 1. The van der Waals surface area contributed by atoms with Gasteiger partial charge in [-0.3, -0.25) is 9.79 Å². The number of aliphatic imine (C=N–C) groups is 1. The molecule has 1 saturated heterocycles. The molecule has 17 heavy (non-hydrogen) atoms. The van der Waals surface area contributed by atoms with E-state index < -0.39 is 0 Å². The first-order valence-corrected chi connectivity index (χ1v) is 6.91. The summed E-state index contributed by atoms with van der Waals surface area (Å²) in [5.41, 5.74) is 0. The van der Waals surface area contributed by atoms with Crippen LogP contribution in [-0.2, 0) is 4.79 Å². The minimum Gasteiger partial charge on any atom is -0.373 e. The van der Waals surface area contributed by atoms with Gasteiger partial charge in [-0.1, -0.05) is 0 Å². The molecule has 0 aromatic carbocycles. The fourth-order valence-electron chi connectivity index (χ4n) is 2.46. The molecule has 1 N–H and O–H groups in total. The highest BCUT2D eigenvalue weighted by Crippen LogP contribution is 2.09. The lowest BCUT2D eigenvalue weighted by molar-refractivity contribution is -0.131. The normalized spacial score (nSPS) is 20.9. The Hall–Kier alpha value is -1.06. The second kappa shape index (κ2) is 6.62. The van der Waals surface area contributed by atoms with E-state index in [2.05, 4.69) is 10.3 Å². The monoisotopic (exact) mass is 237 g/mol. The van der Waals surface area contributed by atoms with Gasteiger partial charge in [0.2, 0.25) is 5.91 Å². The Morgan fingerprint density at radius 1 is 1.18 bits per heavy atom. The maximum Gasteiger partial charge on any atom is 0.224 e. The molecular weight excluding hydrogens is 214 g/mol. The highest BCUT2D eigenvalue weighted by Gasteiger charge is 2.15. The van der Waals surface area contributed by atoms with Crippen LogP contribution in [-0.4, -0.2) is 42.8 Å². The number of likely N-dealkylation sites (tertiary alicyclic amines) is 1. The Bertz CT molecular complexity index is 282. The smallest absolute Gasteiger partial charge is 0.224 e. The van der Waals surface area contributed by atoms with Crippen molar-refractivity contribution in [2.24, 2.45) is 4.99 Å². The zero-order chi connectivity index (χ0) is 11.9. The second-order valence-corrected chi connectivity index (χ2v) is 4.90. The van der Waals surface area contributed by atoms with Crippen molar-refractivity contribution in [3.63, 3.8) is 0 Å². The highest BCUT2D eigenvalue weighted by molar-refractivity contribution is 5.83. The zero-order valence-electron chi connectivity index (χ0n) is 10.6. The first-order chi connectivity index (χ1) is 8.36. The van der Waals surface area contributed by atoms with Crippen LogP contribution >= 0.6 is 0 Å². The van der Waals surface area contributed by atoms with Crippen LogP contribution < -0.4 is 5.32 Å². The number of hydrogen-bond acceptors (Lipinski definition) is 3. The van der Waals surface area contributed by atoms with Gasteiger partial charge in [-0.2, -0.15) is 0 Å². The number of carbonyl (C=O) groups is 1. The third kappa shape index (κ3) is 4.02. The van der Waals surface area contributed by atoms with Crippen LogP contribution in [0.2, 0.25) is 0 Å². The molecule has 0 unspecified atom stereocenters. The van der Waals surface area contributed by atoms with E-state index in [1.54, 1.807) is 0 Å². The number of rotatable bonds is 3. The summed E-state index contributed by atoms with van der Waals surface area (Å²) in [7, 11) is 0. The summed E-state index contributed by atoms with van der Waals surface area (Å²) in [6.07, 6.45) is 7.72. The number of hydrogen-bond donors (Lipinski definition) is 1. The van der Waals surface area contributed by atoms with E-state index in [1.807, 2.05) is 4.90 Å². The van der Waals surface area contributed by atoms with Crippen LogP contribution in [0.3, 0.4) is 0 Å². The molecule has 4 heteroatoms. The Balaban J connectivity index is 1.63. The third-order valence-corrected chi connectivity index (χ3v) is 3.50. The molecule has 1 fully saturated rings. The van der Waals surface area contributed by atoms with Gasteiger partial charge in [0.15, 0.2) is 0 Å². The van der Waals surface area contributed by atoms with Gasteiger partial charge in [-0.15, -0.1) is 0 Å². The van der Waals surface area contributed by atoms with E-state index in [9.17, 15) is 4.79 Å². The van der Waals surface area contributed by atoms with Gasteiger partial charge in [0.05, 0.1) is 5.84 Å². The van der Waals surface area contributed by atoms with Crippen molar-refractivity contribution in [1.29, 1.82) is 0 Å². The first-order valence-electron chi connectivity index (χ1n) is 6.91.